The van der Waals surface area contributed by atoms with Gasteiger partial charge in [0.25, 0.3) is 0 Å². The molecule has 1 fully saturated rings. The molecule has 1 unspecified atom stereocenters. The highest BCUT2D eigenvalue weighted by Crippen LogP contribution is 2.22. The van der Waals surface area contributed by atoms with Crippen LogP contribution in [-0.4, -0.2) is 68.3 Å². The molecule has 0 saturated carbocycles. The van der Waals surface area contributed by atoms with Gasteiger partial charge in [0.2, 0.25) is 11.8 Å². The molecular weight excluding hydrogens is 375 g/mol. The van der Waals surface area contributed by atoms with E-state index in [4.69, 9.17) is 9.47 Å². The van der Waals surface area contributed by atoms with E-state index in [1.165, 1.54) is 12.1 Å². The highest BCUT2D eigenvalue weighted by atomic mass is 19.1. The smallest absolute Gasteiger partial charge is 0.241 e. The zero-order valence-electron chi connectivity index (χ0n) is 16.8. The fourth-order valence-corrected chi connectivity index (χ4v) is 3.24. The summed E-state index contributed by atoms with van der Waals surface area (Å²) in [5.74, 6) is 0.0368. The number of nitrogens with one attached hydrogen (secondary N) is 1. The van der Waals surface area contributed by atoms with E-state index in [0.29, 0.717) is 24.8 Å². The van der Waals surface area contributed by atoms with Gasteiger partial charge in [-0.15, -0.1) is 0 Å². The number of nitrogens with zero attached hydrogens (tertiary/aromatic N) is 3. The number of piperazine rings is 1. The Morgan fingerprint density at radius 3 is 2.59 bits per heavy atom. The predicted octanol–water partition coefficient (Wildman–Crippen LogP) is 2.40. The van der Waals surface area contributed by atoms with Crippen molar-refractivity contribution < 1.29 is 18.7 Å². The Morgan fingerprint density at radius 2 is 1.90 bits per heavy atom. The van der Waals surface area contributed by atoms with Crippen LogP contribution in [0.1, 0.15) is 6.92 Å². The molecule has 0 bridgehead atoms. The minimum Gasteiger partial charge on any atom is -0.474 e. The van der Waals surface area contributed by atoms with Gasteiger partial charge in [-0.25, -0.2) is 9.37 Å². The Hall–Kier alpha value is -2.71. The van der Waals surface area contributed by atoms with Gasteiger partial charge in [0.1, 0.15) is 18.1 Å². The molecule has 0 radical (unpaired) electrons. The molecule has 1 atom stereocenters. The molecule has 1 N–H and O–H groups in total. The molecule has 1 aromatic heterocycles. The third-order valence-electron chi connectivity index (χ3n) is 4.99. The van der Waals surface area contributed by atoms with Crippen molar-refractivity contribution in [2.45, 2.75) is 13.0 Å². The fraction of sp³-hybridized carbons (Fsp3) is 0.429. The summed E-state index contributed by atoms with van der Waals surface area (Å²) in [7, 11) is 1.60. The number of pyridine rings is 1. The third-order valence-corrected chi connectivity index (χ3v) is 4.99. The van der Waals surface area contributed by atoms with E-state index in [2.05, 4.69) is 20.1 Å². The van der Waals surface area contributed by atoms with Gasteiger partial charge in [-0.3, -0.25) is 9.69 Å². The number of benzene rings is 1. The normalized spacial score (nSPS) is 15.8. The van der Waals surface area contributed by atoms with E-state index in [0.717, 1.165) is 31.9 Å². The number of hydrogen-bond donors (Lipinski definition) is 1. The van der Waals surface area contributed by atoms with Crippen molar-refractivity contribution in [3.63, 3.8) is 0 Å². The van der Waals surface area contributed by atoms with Crippen molar-refractivity contribution in [1.82, 2.24) is 9.88 Å². The Labute approximate surface area is 170 Å². The summed E-state index contributed by atoms with van der Waals surface area (Å²) in [6, 6.07) is 9.74. The van der Waals surface area contributed by atoms with Gasteiger partial charge in [0.05, 0.1) is 12.6 Å². The molecule has 156 valence electrons. The number of halogens is 1. The van der Waals surface area contributed by atoms with E-state index < -0.39 is 0 Å². The molecule has 1 aliphatic rings. The van der Waals surface area contributed by atoms with E-state index in [1.54, 1.807) is 37.6 Å². The second-order valence-electron chi connectivity index (χ2n) is 6.86. The number of rotatable bonds is 8. The molecule has 2 heterocycles. The number of carbonyl (C=O) groups is 1. The van der Waals surface area contributed by atoms with Crippen LogP contribution in [0.25, 0.3) is 0 Å². The van der Waals surface area contributed by atoms with E-state index in [-0.39, 0.29) is 17.8 Å². The summed E-state index contributed by atoms with van der Waals surface area (Å²) < 4.78 is 23.7. The quantitative estimate of drug-likeness (QED) is 0.684. The summed E-state index contributed by atoms with van der Waals surface area (Å²) >= 11 is 0. The maximum absolute atomic E-state index is 13.1. The zero-order chi connectivity index (χ0) is 20.6. The van der Waals surface area contributed by atoms with Crippen molar-refractivity contribution >= 4 is 17.3 Å². The average Bonchev–Trinajstić information content (AvgIpc) is 2.75. The largest absolute Gasteiger partial charge is 0.474 e. The maximum atomic E-state index is 13.1. The standard InChI is InChI=1S/C21H27FN4O3/c1-16(20(27)24-19-4-3-9-23-21(19)29-15-14-28-2)25-10-12-26(13-11-25)18-7-5-17(22)6-8-18/h3-9,16H,10-15H2,1-2H3,(H,24,27). The monoisotopic (exact) mass is 402 g/mol. The molecule has 29 heavy (non-hydrogen) atoms. The molecule has 1 aliphatic heterocycles. The van der Waals surface area contributed by atoms with Crippen LogP contribution in [0.4, 0.5) is 15.8 Å². The fourth-order valence-electron chi connectivity index (χ4n) is 3.24. The number of anilines is 2. The van der Waals surface area contributed by atoms with Crippen LogP contribution in [0.2, 0.25) is 0 Å². The first-order valence-corrected chi connectivity index (χ1v) is 9.70. The van der Waals surface area contributed by atoms with Crippen LogP contribution in [0, 0.1) is 5.82 Å². The number of aromatic nitrogens is 1. The molecular formula is C21H27FN4O3. The molecule has 2 aromatic rings. The van der Waals surface area contributed by atoms with Crippen molar-refractivity contribution in [2.24, 2.45) is 0 Å². The summed E-state index contributed by atoms with van der Waals surface area (Å²) in [5.41, 5.74) is 1.54. The lowest BCUT2D eigenvalue weighted by molar-refractivity contribution is -0.120. The van der Waals surface area contributed by atoms with Crippen LogP contribution in [0.15, 0.2) is 42.6 Å². The number of amides is 1. The second kappa shape index (κ2) is 10.2. The van der Waals surface area contributed by atoms with Gasteiger partial charge in [-0.05, 0) is 43.3 Å². The third kappa shape index (κ3) is 5.65. The first kappa shape index (κ1) is 21.0. The minimum atomic E-state index is -0.294. The van der Waals surface area contributed by atoms with Crippen molar-refractivity contribution in [3.8, 4) is 5.88 Å². The van der Waals surface area contributed by atoms with E-state index in [1.807, 2.05) is 6.92 Å². The highest BCUT2D eigenvalue weighted by molar-refractivity contribution is 5.95. The topological polar surface area (TPSA) is 66.9 Å². The highest BCUT2D eigenvalue weighted by Gasteiger charge is 2.26. The maximum Gasteiger partial charge on any atom is 0.241 e. The Balaban J connectivity index is 1.54. The number of ether oxygens (including phenoxy) is 2. The second-order valence-corrected chi connectivity index (χ2v) is 6.86. The SMILES string of the molecule is COCCOc1ncccc1NC(=O)C(C)N1CCN(c2ccc(F)cc2)CC1. The Bertz CT molecular complexity index is 795. The molecule has 8 heteroatoms. The summed E-state index contributed by atoms with van der Waals surface area (Å²) in [6.45, 7) is 5.75. The van der Waals surface area contributed by atoms with Gasteiger partial charge in [-0.2, -0.15) is 0 Å². The van der Waals surface area contributed by atoms with Gasteiger partial charge >= 0.3 is 0 Å². The Kier molecular flexibility index (Phi) is 7.37. The number of hydrogen-bond acceptors (Lipinski definition) is 6. The summed E-state index contributed by atoms with van der Waals surface area (Å²) in [5, 5.41) is 2.92. The van der Waals surface area contributed by atoms with Crippen molar-refractivity contribution in [1.29, 1.82) is 0 Å². The molecule has 3 rings (SSSR count). The lowest BCUT2D eigenvalue weighted by atomic mass is 10.2. The number of methoxy groups -OCH3 is 1. The molecule has 1 aromatic carbocycles. The predicted molar refractivity (Wildman–Crippen MR) is 110 cm³/mol. The summed E-state index contributed by atoms with van der Waals surface area (Å²) in [4.78, 5) is 21.3. The van der Waals surface area contributed by atoms with Crippen LogP contribution in [-0.2, 0) is 9.53 Å². The molecule has 0 spiro atoms. The van der Waals surface area contributed by atoms with E-state index in [9.17, 15) is 9.18 Å². The lowest BCUT2D eigenvalue weighted by Gasteiger charge is -2.38. The van der Waals surface area contributed by atoms with Crippen molar-refractivity contribution in [2.75, 3.05) is 56.7 Å². The van der Waals surface area contributed by atoms with Gasteiger partial charge < -0.3 is 19.7 Å². The first-order valence-electron chi connectivity index (χ1n) is 9.70. The molecule has 1 amide bonds. The zero-order valence-corrected chi connectivity index (χ0v) is 16.8. The number of carbonyl (C=O) groups excluding carboxylic acids is 1. The lowest BCUT2D eigenvalue weighted by Crippen LogP contribution is -2.52. The van der Waals surface area contributed by atoms with E-state index >= 15 is 0 Å². The van der Waals surface area contributed by atoms with Gasteiger partial charge in [0.15, 0.2) is 0 Å². The van der Waals surface area contributed by atoms with Crippen LogP contribution >= 0.6 is 0 Å². The minimum absolute atomic E-state index is 0.107. The van der Waals surface area contributed by atoms with Crippen molar-refractivity contribution in [3.05, 3.63) is 48.4 Å². The van der Waals surface area contributed by atoms with Crippen LogP contribution < -0.4 is 15.0 Å². The van der Waals surface area contributed by atoms with Gasteiger partial charge in [-0.1, -0.05) is 0 Å². The average molecular weight is 402 g/mol. The van der Waals surface area contributed by atoms with Crippen LogP contribution in [0.5, 0.6) is 5.88 Å². The van der Waals surface area contributed by atoms with Gasteiger partial charge in [0, 0.05) is 45.2 Å². The summed E-state index contributed by atoms with van der Waals surface area (Å²) in [6.07, 6.45) is 1.62. The molecule has 0 aliphatic carbocycles. The Morgan fingerprint density at radius 1 is 1.17 bits per heavy atom. The first-order chi connectivity index (χ1) is 14.1. The van der Waals surface area contributed by atoms with Crippen LogP contribution in [0.3, 0.4) is 0 Å². The molecule has 1 saturated heterocycles. The molecule has 7 nitrogen and oxygen atoms in total.